The van der Waals surface area contributed by atoms with Crippen molar-refractivity contribution in [2.24, 2.45) is 0 Å². The summed E-state index contributed by atoms with van der Waals surface area (Å²) in [4.78, 5) is 35.9. The molecule has 1 aromatic heterocycles. The molecule has 0 bridgehead atoms. The lowest BCUT2D eigenvalue weighted by Gasteiger charge is -2.13. The number of hydrogen-bond donors (Lipinski definition) is 3. The van der Waals surface area contributed by atoms with Crippen LogP contribution in [0.4, 0.5) is 16.2 Å². The van der Waals surface area contributed by atoms with E-state index in [1.165, 1.54) is 24.2 Å². The molecule has 0 saturated heterocycles. The summed E-state index contributed by atoms with van der Waals surface area (Å²) in [5, 5.41) is 19.3. The van der Waals surface area contributed by atoms with Gasteiger partial charge in [-0.3, -0.25) is 14.9 Å². The van der Waals surface area contributed by atoms with E-state index in [9.17, 15) is 14.4 Å². The average Bonchev–Trinajstić information content (AvgIpc) is 3.33. The van der Waals surface area contributed by atoms with Crippen LogP contribution < -0.4 is 16.0 Å². The highest BCUT2D eigenvalue weighted by atomic mass is 35.5. The predicted octanol–water partition coefficient (Wildman–Crippen LogP) is 2.65. The number of rotatable bonds is 7. The fourth-order valence-corrected chi connectivity index (χ4v) is 2.87. The van der Waals surface area contributed by atoms with Gasteiger partial charge in [0.1, 0.15) is 12.4 Å². The molecule has 1 heterocycles. The molecule has 3 N–H and O–H groups in total. The van der Waals surface area contributed by atoms with Crippen molar-refractivity contribution in [1.82, 2.24) is 25.5 Å². The van der Waals surface area contributed by atoms with E-state index in [1.54, 1.807) is 55.5 Å². The molecule has 170 valence electrons. The van der Waals surface area contributed by atoms with Crippen molar-refractivity contribution >= 4 is 47.0 Å². The third-order valence-electron chi connectivity index (χ3n) is 4.34. The molecular weight excluding hydrogens is 450 g/mol. The topological polar surface area (TPSA) is 140 Å². The van der Waals surface area contributed by atoms with Gasteiger partial charge in [0.2, 0.25) is 11.8 Å². The van der Waals surface area contributed by atoms with E-state index in [4.69, 9.17) is 11.6 Å². The highest BCUT2D eigenvalue weighted by Crippen LogP contribution is 2.20. The van der Waals surface area contributed by atoms with Crippen LogP contribution in [0.25, 0.3) is 11.8 Å². The number of nitrogens with zero attached hydrogens (tertiary/aromatic N) is 4. The summed E-state index contributed by atoms with van der Waals surface area (Å²) in [5.41, 5.74) is 2.25. The van der Waals surface area contributed by atoms with E-state index in [2.05, 4.69) is 36.2 Å². The maximum atomic E-state index is 12.4. The monoisotopic (exact) mass is 469 g/mol. The molecule has 1 atom stereocenters. The highest BCUT2D eigenvalue weighted by Gasteiger charge is 2.15. The Morgan fingerprint density at radius 2 is 1.79 bits per heavy atom. The van der Waals surface area contributed by atoms with Gasteiger partial charge in [0.15, 0.2) is 0 Å². The predicted molar refractivity (Wildman–Crippen MR) is 122 cm³/mol. The minimum atomic E-state index is -0.812. The fourth-order valence-electron chi connectivity index (χ4n) is 2.69. The maximum Gasteiger partial charge on any atom is 0.411 e. The van der Waals surface area contributed by atoms with E-state index in [-0.39, 0.29) is 0 Å². The Balaban J connectivity index is 1.58. The van der Waals surface area contributed by atoms with E-state index >= 15 is 0 Å². The first-order chi connectivity index (χ1) is 15.9. The van der Waals surface area contributed by atoms with E-state index in [1.807, 2.05) is 0 Å². The lowest BCUT2D eigenvalue weighted by molar-refractivity contribution is -0.123. The van der Waals surface area contributed by atoms with E-state index < -0.39 is 23.9 Å². The van der Waals surface area contributed by atoms with Gasteiger partial charge in [-0.2, -0.15) is 4.68 Å². The molecule has 0 aliphatic carbocycles. The van der Waals surface area contributed by atoms with Crippen LogP contribution in [0.15, 0.2) is 54.9 Å². The zero-order valence-corrected chi connectivity index (χ0v) is 18.4. The first kappa shape index (κ1) is 23.4. The van der Waals surface area contributed by atoms with Gasteiger partial charge in [-0.15, -0.1) is 5.10 Å². The van der Waals surface area contributed by atoms with Gasteiger partial charge in [0, 0.05) is 28.0 Å². The van der Waals surface area contributed by atoms with Crippen LogP contribution in [0.2, 0.25) is 5.02 Å². The number of carbonyl (C=O) groups excluding carboxylic acids is 3. The molecule has 33 heavy (non-hydrogen) atoms. The Morgan fingerprint density at radius 1 is 1.09 bits per heavy atom. The van der Waals surface area contributed by atoms with Gasteiger partial charge < -0.3 is 15.4 Å². The van der Waals surface area contributed by atoms with Gasteiger partial charge in [-0.05, 0) is 65.9 Å². The van der Waals surface area contributed by atoms with Crippen LogP contribution in [0, 0.1) is 0 Å². The first-order valence-corrected chi connectivity index (χ1v) is 10.0. The zero-order chi connectivity index (χ0) is 23.8. The second kappa shape index (κ2) is 10.9. The second-order valence-corrected chi connectivity index (χ2v) is 7.14. The van der Waals surface area contributed by atoms with Gasteiger partial charge in [-0.1, -0.05) is 11.6 Å². The number of hydrogen-bond acceptors (Lipinski definition) is 7. The summed E-state index contributed by atoms with van der Waals surface area (Å²) in [6.45, 7) is 1.56. The molecule has 2 aromatic carbocycles. The molecule has 3 rings (SSSR count). The number of amides is 3. The Labute approximate surface area is 193 Å². The Bertz CT molecular complexity index is 1160. The summed E-state index contributed by atoms with van der Waals surface area (Å²) in [6, 6.07) is 10.7. The molecular formula is C21H20ClN7O4. The van der Waals surface area contributed by atoms with Crippen molar-refractivity contribution in [3.05, 3.63) is 65.5 Å². The number of methoxy groups -OCH3 is 1. The second-order valence-electron chi connectivity index (χ2n) is 6.70. The molecule has 0 saturated carbocycles. The molecule has 11 nitrogen and oxygen atoms in total. The number of anilines is 2. The number of halogens is 1. The smallest absolute Gasteiger partial charge is 0.411 e. The molecule has 0 radical (unpaired) electrons. The minimum absolute atomic E-state index is 0.414. The van der Waals surface area contributed by atoms with Crippen molar-refractivity contribution in [2.45, 2.75) is 13.0 Å². The van der Waals surface area contributed by atoms with Crippen LogP contribution in [0.5, 0.6) is 0 Å². The highest BCUT2D eigenvalue weighted by molar-refractivity contribution is 6.30. The largest absolute Gasteiger partial charge is 0.453 e. The molecule has 1 unspecified atom stereocenters. The molecule has 0 aliphatic rings. The summed E-state index contributed by atoms with van der Waals surface area (Å²) in [6.07, 6.45) is 3.66. The van der Waals surface area contributed by atoms with Crippen LogP contribution >= 0.6 is 11.6 Å². The van der Waals surface area contributed by atoms with Crippen LogP contribution in [0.1, 0.15) is 12.5 Å². The van der Waals surface area contributed by atoms with Crippen LogP contribution in [-0.4, -0.2) is 51.3 Å². The molecule has 12 heteroatoms. The van der Waals surface area contributed by atoms with Gasteiger partial charge in [0.05, 0.1) is 12.8 Å². The molecule has 3 aromatic rings. The molecule has 0 spiro atoms. The zero-order valence-electron chi connectivity index (χ0n) is 17.7. The van der Waals surface area contributed by atoms with Crippen molar-refractivity contribution in [3.63, 3.8) is 0 Å². The number of aromatic nitrogens is 4. The number of benzene rings is 2. The minimum Gasteiger partial charge on any atom is -0.453 e. The number of carbonyl (C=O) groups is 3. The number of nitrogens with one attached hydrogen (secondary N) is 3. The molecule has 0 fully saturated rings. The summed E-state index contributed by atoms with van der Waals surface area (Å²) >= 11 is 6.06. The van der Waals surface area contributed by atoms with E-state index in [0.717, 1.165) is 0 Å². The first-order valence-electron chi connectivity index (χ1n) is 9.63. The average molecular weight is 470 g/mol. The fraction of sp³-hybridized carbons (Fsp3) is 0.143. The van der Waals surface area contributed by atoms with Crippen molar-refractivity contribution < 1.29 is 19.1 Å². The van der Waals surface area contributed by atoms with Crippen molar-refractivity contribution in [3.8, 4) is 5.69 Å². The maximum absolute atomic E-state index is 12.4. The SMILES string of the molecule is COC(=O)Nc1ccc(NC(=O)C(C)NC(=O)C=Cc2cc(Cl)ccc2-n2cnnn2)cc1. The third kappa shape index (κ3) is 6.61. The molecule has 0 aliphatic heterocycles. The van der Waals surface area contributed by atoms with Gasteiger partial charge in [0.25, 0.3) is 0 Å². The molecule has 3 amide bonds. The Kier molecular flexibility index (Phi) is 7.71. The van der Waals surface area contributed by atoms with Gasteiger partial charge in [-0.25, -0.2) is 4.79 Å². The number of ether oxygens (including phenoxy) is 1. The standard InChI is InChI=1S/C21H20ClN7O4/c1-13(20(31)25-16-5-7-17(8-6-16)26-21(32)33-2)24-19(30)10-3-14-11-15(22)4-9-18(14)29-12-23-27-28-29/h3-13H,1-2H3,(H,24,30)(H,25,31)(H,26,32). The van der Waals surface area contributed by atoms with E-state index in [0.29, 0.717) is 27.6 Å². The van der Waals surface area contributed by atoms with Gasteiger partial charge >= 0.3 is 6.09 Å². The Morgan fingerprint density at radius 3 is 2.42 bits per heavy atom. The van der Waals surface area contributed by atoms with Crippen molar-refractivity contribution in [2.75, 3.05) is 17.7 Å². The summed E-state index contributed by atoms with van der Waals surface area (Å²) in [7, 11) is 1.26. The Hall–Kier alpha value is -4.25. The normalized spacial score (nSPS) is 11.6. The lowest BCUT2D eigenvalue weighted by Crippen LogP contribution is -2.40. The number of tetrazole rings is 1. The lowest BCUT2D eigenvalue weighted by atomic mass is 10.1. The van der Waals surface area contributed by atoms with Crippen LogP contribution in [0.3, 0.4) is 0 Å². The third-order valence-corrected chi connectivity index (χ3v) is 4.57. The van der Waals surface area contributed by atoms with Crippen molar-refractivity contribution in [1.29, 1.82) is 0 Å². The summed E-state index contributed by atoms with van der Waals surface area (Å²) < 4.78 is 5.96. The quantitative estimate of drug-likeness (QED) is 0.452. The van der Waals surface area contributed by atoms with Crippen LogP contribution in [-0.2, 0) is 14.3 Å². The summed E-state index contributed by atoms with van der Waals surface area (Å²) in [5.74, 6) is -0.888.